The van der Waals surface area contributed by atoms with Crippen LogP contribution in [0.1, 0.15) is 37.8 Å². The van der Waals surface area contributed by atoms with Gasteiger partial charge in [-0.05, 0) is 32.4 Å². The van der Waals surface area contributed by atoms with Crippen LogP contribution in [0, 0.1) is 24.0 Å². The molecule has 1 nitrogen and oxygen atoms in total. The molecule has 0 aromatic heterocycles. The highest BCUT2D eigenvalue weighted by Crippen LogP contribution is 2.18. The van der Waals surface area contributed by atoms with Gasteiger partial charge < -0.3 is 5.32 Å². The first-order valence-corrected chi connectivity index (χ1v) is 5.77. The Morgan fingerprint density at radius 2 is 2.12 bits per heavy atom. The predicted molar refractivity (Wildman–Crippen MR) is 65.5 cm³/mol. The highest BCUT2D eigenvalue weighted by Gasteiger charge is 2.13. The van der Waals surface area contributed by atoms with Gasteiger partial charge in [0, 0.05) is 18.0 Å². The van der Waals surface area contributed by atoms with E-state index in [-0.39, 0.29) is 6.04 Å². The zero-order valence-electron chi connectivity index (χ0n) is 9.97. The van der Waals surface area contributed by atoms with E-state index < -0.39 is 11.6 Å². The molecule has 0 saturated heterocycles. The molecular weight excluding hydrogens is 220 g/mol. The van der Waals surface area contributed by atoms with E-state index in [4.69, 9.17) is 6.42 Å². The third-order valence-electron chi connectivity index (χ3n) is 2.65. The first-order valence-electron chi connectivity index (χ1n) is 5.77. The van der Waals surface area contributed by atoms with Crippen molar-refractivity contribution < 1.29 is 8.78 Å². The van der Waals surface area contributed by atoms with Crippen molar-refractivity contribution in [1.29, 1.82) is 0 Å². The number of benzene rings is 1. The van der Waals surface area contributed by atoms with Crippen LogP contribution in [0.15, 0.2) is 18.2 Å². The largest absolute Gasteiger partial charge is 0.310 e. The molecular formula is C14H17F2N. The van der Waals surface area contributed by atoms with Crippen LogP contribution in [0.5, 0.6) is 0 Å². The molecule has 1 unspecified atom stereocenters. The maximum absolute atomic E-state index is 13.4. The summed E-state index contributed by atoms with van der Waals surface area (Å²) in [5, 5.41) is 3.15. The summed E-state index contributed by atoms with van der Waals surface area (Å²) in [7, 11) is 0. The molecule has 1 rings (SSSR count). The summed E-state index contributed by atoms with van der Waals surface area (Å²) in [4.78, 5) is 0. The molecule has 0 aliphatic rings. The Kier molecular flexibility index (Phi) is 5.65. The van der Waals surface area contributed by atoms with Crippen LogP contribution < -0.4 is 5.32 Å². The minimum atomic E-state index is -0.802. The molecule has 0 amide bonds. The Labute approximate surface area is 101 Å². The van der Waals surface area contributed by atoms with Crippen LogP contribution in [0.2, 0.25) is 0 Å². The Morgan fingerprint density at radius 3 is 2.82 bits per heavy atom. The Balaban J connectivity index is 2.45. The quantitative estimate of drug-likeness (QED) is 0.590. The lowest BCUT2D eigenvalue weighted by Crippen LogP contribution is -2.21. The Hall–Kier alpha value is -1.40. The molecule has 0 aliphatic heterocycles. The van der Waals surface area contributed by atoms with E-state index in [0.29, 0.717) is 5.56 Å². The van der Waals surface area contributed by atoms with E-state index >= 15 is 0 Å². The first-order chi connectivity index (χ1) is 8.16. The van der Waals surface area contributed by atoms with Crippen molar-refractivity contribution >= 4 is 0 Å². The molecule has 1 aromatic carbocycles. The van der Waals surface area contributed by atoms with Crippen molar-refractivity contribution in [2.45, 2.75) is 32.2 Å². The predicted octanol–water partition coefficient (Wildman–Crippen LogP) is 3.42. The number of nitrogens with one attached hydrogen (secondary N) is 1. The van der Waals surface area contributed by atoms with Gasteiger partial charge in [-0.1, -0.05) is 12.1 Å². The fourth-order valence-corrected chi connectivity index (χ4v) is 1.64. The normalized spacial score (nSPS) is 12.1. The van der Waals surface area contributed by atoms with Crippen LogP contribution in [0.3, 0.4) is 0 Å². The second kappa shape index (κ2) is 7.03. The maximum atomic E-state index is 13.4. The first kappa shape index (κ1) is 13.7. The number of halogens is 2. The van der Waals surface area contributed by atoms with Crippen LogP contribution in [-0.4, -0.2) is 6.54 Å². The molecule has 0 aliphatic carbocycles. The lowest BCUT2D eigenvalue weighted by atomic mass is 10.1. The van der Waals surface area contributed by atoms with Gasteiger partial charge in [-0.15, -0.1) is 12.3 Å². The molecule has 0 radical (unpaired) electrons. The molecule has 0 heterocycles. The van der Waals surface area contributed by atoms with Gasteiger partial charge in [-0.25, -0.2) is 8.78 Å². The average molecular weight is 237 g/mol. The van der Waals surface area contributed by atoms with Crippen molar-refractivity contribution in [1.82, 2.24) is 5.32 Å². The van der Waals surface area contributed by atoms with Crippen molar-refractivity contribution in [3.05, 3.63) is 35.4 Å². The number of terminal acetylenes is 1. The molecule has 0 bridgehead atoms. The SMILES string of the molecule is C#CCCCCNC(C)c1cccc(F)c1F. The van der Waals surface area contributed by atoms with Gasteiger partial charge in [-0.2, -0.15) is 0 Å². The molecule has 1 N–H and O–H groups in total. The van der Waals surface area contributed by atoms with Gasteiger partial charge in [0.05, 0.1) is 0 Å². The summed E-state index contributed by atoms with van der Waals surface area (Å²) in [6.07, 6.45) is 7.77. The number of rotatable bonds is 6. The van der Waals surface area contributed by atoms with Gasteiger partial charge in [0.25, 0.3) is 0 Å². The van der Waals surface area contributed by atoms with Crippen molar-refractivity contribution in [2.75, 3.05) is 6.54 Å². The number of hydrogen-bond donors (Lipinski definition) is 1. The fraction of sp³-hybridized carbons (Fsp3) is 0.429. The fourth-order valence-electron chi connectivity index (χ4n) is 1.64. The number of unbranched alkanes of at least 4 members (excludes halogenated alkanes) is 2. The van der Waals surface area contributed by atoms with E-state index in [1.165, 1.54) is 6.07 Å². The van der Waals surface area contributed by atoms with Crippen molar-refractivity contribution in [3.63, 3.8) is 0 Å². The van der Waals surface area contributed by atoms with Gasteiger partial charge in [0.15, 0.2) is 11.6 Å². The molecule has 1 aromatic rings. The second-order valence-corrected chi connectivity index (χ2v) is 3.98. The Morgan fingerprint density at radius 1 is 1.35 bits per heavy atom. The van der Waals surface area contributed by atoms with E-state index in [1.807, 2.05) is 6.92 Å². The van der Waals surface area contributed by atoms with Crippen molar-refractivity contribution in [3.8, 4) is 12.3 Å². The minimum absolute atomic E-state index is 0.198. The lowest BCUT2D eigenvalue weighted by molar-refractivity contribution is 0.470. The van der Waals surface area contributed by atoms with Crippen molar-refractivity contribution in [2.24, 2.45) is 0 Å². The molecule has 92 valence electrons. The van der Waals surface area contributed by atoms with Crippen LogP contribution >= 0.6 is 0 Å². The zero-order valence-corrected chi connectivity index (χ0v) is 9.97. The highest BCUT2D eigenvalue weighted by molar-refractivity contribution is 5.21. The second-order valence-electron chi connectivity index (χ2n) is 3.98. The van der Waals surface area contributed by atoms with Gasteiger partial charge in [0.2, 0.25) is 0 Å². The molecule has 17 heavy (non-hydrogen) atoms. The van der Waals surface area contributed by atoms with Gasteiger partial charge in [0.1, 0.15) is 0 Å². The van der Waals surface area contributed by atoms with Gasteiger partial charge in [-0.3, -0.25) is 0 Å². The van der Waals surface area contributed by atoms with Gasteiger partial charge >= 0.3 is 0 Å². The lowest BCUT2D eigenvalue weighted by Gasteiger charge is -2.15. The highest BCUT2D eigenvalue weighted by atomic mass is 19.2. The Bertz CT molecular complexity index is 396. The number of hydrogen-bond acceptors (Lipinski definition) is 1. The standard InChI is InChI=1S/C14H17F2N/c1-3-4-5-6-10-17-11(2)12-8-7-9-13(15)14(12)16/h1,7-9,11,17H,4-6,10H2,2H3. The summed E-state index contributed by atoms with van der Waals surface area (Å²) in [6, 6.07) is 4.04. The van der Waals surface area contributed by atoms with E-state index in [2.05, 4.69) is 11.2 Å². The monoisotopic (exact) mass is 237 g/mol. The van der Waals surface area contributed by atoms with Crippen LogP contribution in [0.25, 0.3) is 0 Å². The third kappa shape index (κ3) is 4.16. The smallest absolute Gasteiger partial charge is 0.163 e. The summed E-state index contributed by atoms with van der Waals surface area (Å²) in [5.74, 6) is 0.997. The third-order valence-corrected chi connectivity index (χ3v) is 2.65. The zero-order chi connectivity index (χ0) is 12.7. The molecule has 0 spiro atoms. The average Bonchev–Trinajstić information content (AvgIpc) is 2.32. The minimum Gasteiger partial charge on any atom is -0.310 e. The van der Waals surface area contributed by atoms with E-state index in [1.54, 1.807) is 6.07 Å². The summed E-state index contributed by atoms with van der Waals surface area (Å²) < 4.78 is 26.4. The summed E-state index contributed by atoms with van der Waals surface area (Å²) in [6.45, 7) is 2.57. The molecule has 3 heteroatoms. The topological polar surface area (TPSA) is 12.0 Å². The summed E-state index contributed by atoms with van der Waals surface area (Å²) >= 11 is 0. The maximum Gasteiger partial charge on any atom is 0.163 e. The van der Waals surface area contributed by atoms with Crippen LogP contribution in [-0.2, 0) is 0 Å². The molecule has 0 fully saturated rings. The molecule has 1 atom stereocenters. The summed E-state index contributed by atoms with van der Waals surface area (Å²) in [5.41, 5.74) is 0.363. The van der Waals surface area contributed by atoms with E-state index in [0.717, 1.165) is 31.9 Å². The molecule has 0 saturated carbocycles. The van der Waals surface area contributed by atoms with Crippen LogP contribution in [0.4, 0.5) is 8.78 Å². The van der Waals surface area contributed by atoms with E-state index in [9.17, 15) is 8.78 Å².